The number of aryl methyl sites for hydroxylation is 1. The number of thioether (sulfide) groups is 1. The number of ether oxygens (including phenoxy) is 1. The molecule has 1 aliphatic carbocycles. The van der Waals surface area contributed by atoms with Gasteiger partial charge in [-0.15, -0.1) is 0 Å². The van der Waals surface area contributed by atoms with Gasteiger partial charge in [-0.2, -0.15) is 0 Å². The second-order valence-corrected chi connectivity index (χ2v) is 5.76. The van der Waals surface area contributed by atoms with E-state index in [0.29, 0.717) is 6.04 Å². The number of aromatic nitrogens is 2. The molecule has 1 aliphatic rings. The highest BCUT2D eigenvalue weighted by Crippen LogP contribution is 2.21. The molecule has 0 saturated heterocycles. The van der Waals surface area contributed by atoms with Crippen LogP contribution in [0.5, 0.6) is 0 Å². The van der Waals surface area contributed by atoms with E-state index in [1.54, 1.807) is 24.2 Å². The first-order valence-electron chi connectivity index (χ1n) is 6.44. The molecule has 1 fully saturated rings. The molecule has 0 aliphatic heterocycles. The standard InChI is InChI=1S/C13H19N3O2S/c1-9-7-14-13(15-8-9)19-6-5-11(12(17)18-2)16-10-3-4-10/h7-8,10-11,16H,3-6H2,1-2H3. The maximum atomic E-state index is 11.6. The summed E-state index contributed by atoms with van der Waals surface area (Å²) >= 11 is 1.56. The predicted octanol–water partition coefficient (Wildman–Crippen LogP) is 1.56. The summed E-state index contributed by atoms with van der Waals surface area (Å²) in [7, 11) is 1.43. The lowest BCUT2D eigenvalue weighted by Crippen LogP contribution is -2.39. The monoisotopic (exact) mass is 281 g/mol. The molecule has 0 aromatic carbocycles. The molecule has 2 rings (SSSR count). The van der Waals surface area contributed by atoms with Crippen LogP contribution in [0.15, 0.2) is 17.6 Å². The molecule has 1 N–H and O–H groups in total. The van der Waals surface area contributed by atoms with E-state index in [9.17, 15) is 4.79 Å². The Bertz CT molecular complexity index is 420. The molecule has 19 heavy (non-hydrogen) atoms. The highest BCUT2D eigenvalue weighted by atomic mass is 32.2. The van der Waals surface area contributed by atoms with Gasteiger partial charge < -0.3 is 10.1 Å². The summed E-state index contributed by atoms with van der Waals surface area (Å²) in [6, 6.07) is 0.278. The summed E-state index contributed by atoms with van der Waals surface area (Å²) in [6.45, 7) is 1.96. The van der Waals surface area contributed by atoms with Crippen LogP contribution in [0.25, 0.3) is 0 Å². The maximum Gasteiger partial charge on any atom is 0.322 e. The molecular formula is C13H19N3O2S. The third kappa shape index (κ3) is 4.80. The number of nitrogens with one attached hydrogen (secondary N) is 1. The van der Waals surface area contributed by atoms with Gasteiger partial charge in [-0.05, 0) is 31.7 Å². The van der Waals surface area contributed by atoms with Crippen LogP contribution in [0.3, 0.4) is 0 Å². The number of hydrogen-bond donors (Lipinski definition) is 1. The topological polar surface area (TPSA) is 64.1 Å². The fourth-order valence-electron chi connectivity index (χ4n) is 1.67. The van der Waals surface area contributed by atoms with Gasteiger partial charge in [0.15, 0.2) is 5.16 Å². The molecule has 1 heterocycles. The molecule has 0 bridgehead atoms. The molecule has 0 spiro atoms. The quantitative estimate of drug-likeness (QED) is 0.465. The summed E-state index contributed by atoms with van der Waals surface area (Å²) in [5, 5.41) is 4.06. The van der Waals surface area contributed by atoms with Gasteiger partial charge in [0.25, 0.3) is 0 Å². The first-order valence-corrected chi connectivity index (χ1v) is 7.43. The summed E-state index contributed by atoms with van der Waals surface area (Å²) in [6.07, 6.45) is 6.64. The van der Waals surface area contributed by atoms with Gasteiger partial charge in [0, 0.05) is 24.2 Å². The summed E-state index contributed by atoms with van der Waals surface area (Å²) in [5.41, 5.74) is 1.05. The minimum absolute atomic E-state index is 0.183. The number of hydrogen-bond acceptors (Lipinski definition) is 6. The fraction of sp³-hybridized carbons (Fsp3) is 0.615. The Kier molecular flexibility index (Phi) is 5.15. The number of carbonyl (C=O) groups excluding carboxylic acids is 1. The maximum absolute atomic E-state index is 11.6. The summed E-state index contributed by atoms with van der Waals surface area (Å²) < 4.78 is 4.82. The SMILES string of the molecule is COC(=O)C(CCSc1ncc(C)cn1)NC1CC1. The lowest BCUT2D eigenvalue weighted by atomic mass is 10.2. The van der Waals surface area contributed by atoms with E-state index in [2.05, 4.69) is 15.3 Å². The van der Waals surface area contributed by atoms with Crippen LogP contribution in [0, 0.1) is 6.92 Å². The van der Waals surface area contributed by atoms with Crippen LogP contribution in [-0.4, -0.2) is 40.9 Å². The van der Waals surface area contributed by atoms with Crippen molar-refractivity contribution in [2.45, 2.75) is 43.4 Å². The van der Waals surface area contributed by atoms with Crippen molar-refractivity contribution in [1.82, 2.24) is 15.3 Å². The van der Waals surface area contributed by atoms with Crippen LogP contribution < -0.4 is 5.32 Å². The minimum Gasteiger partial charge on any atom is -0.468 e. The van der Waals surface area contributed by atoms with E-state index >= 15 is 0 Å². The zero-order valence-electron chi connectivity index (χ0n) is 11.3. The van der Waals surface area contributed by atoms with Crippen molar-refractivity contribution in [3.63, 3.8) is 0 Å². The van der Waals surface area contributed by atoms with E-state index < -0.39 is 0 Å². The van der Waals surface area contributed by atoms with Crippen molar-refractivity contribution in [1.29, 1.82) is 0 Å². The Morgan fingerprint density at radius 2 is 2.21 bits per heavy atom. The molecule has 1 aromatic heterocycles. The van der Waals surface area contributed by atoms with E-state index in [4.69, 9.17) is 4.74 Å². The number of carbonyl (C=O) groups is 1. The van der Waals surface area contributed by atoms with E-state index in [1.807, 2.05) is 6.92 Å². The van der Waals surface area contributed by atoms with Gasteiger partial charge in [0.1, 0.15) is 6.04 Å². The Balaban J connectivity index is 1.77. The third-order valence-electron chi connectivity index (χ3n) is 2.89. The zero-order valence-corrected chi connectivity index (χ0v) is 12.1. The molecule has 1 aromatic rings. The first-order chi connectivity index (χ1) is 9.19. The molecular weight excluding hydrogens is 262 g/mol. The second kappa shape index (κ2) is 6.86. The lowest BCUT2D eigenvalue weighted by Gasteiger charge is -2.15. The highest BCUT2D eigenvalue weighted by molar-refractivity contribution is 7.99. The van der Waals surface area contributed by atoms with E-state index in [-0.39, 0.29) is 12.0 Å². The zero-order chi connectivity index (χ0) is 13.7. The highest BCUT2D eigenvalue weighted by Gasteiger charge is 2.28. The van der Waals surface area contributed by atoms with Crippen LogP contribution in [0.4, 0.5) is 0 Å². The van der Waals surface area contributed by atoms with Gasteiger partial charge in [-0.3, -0.25) is 4.79 Å². The number of methoxy groups -OCH3 is 1. The molecule has 6 heteroatoms. The normalized spacial score (nSPS) is 16.1. The average Bonchev–Trinajstić information content (AvgIpc) is 3.23. The number of nitrogens with zero attached hydrogens (tertiary/aromatic N) is 2. The third-order valence-corrected chi connectivity index (χ3v) is 3.80. The van der Waals surface area contributed by atoms with Crippen LogP contribution in [-0.2, 0) is 9.53 Å². The van der Waals surface area contributed by atoms with Crippen molar-refractivity contribution in [2.75, 3.05) is 12.9 Å². The van der Waals surface area contributed by atoms with Crippen molar-refractivity contribution < 1.29 is 9.53 Å². The number of rotatable bonds is 7. The van der Waals surface area contributed by atoms with Crippen molar-refractivity contribution in [3.8, 4) is 0 Å². The Morgan fingerprint density at radius 3 is 2.79 bits per heavy atom. The van der Waals surface area contributed by atoms with Gasteiger partial charge >= 0.3 is 5.97 Å². The molecule has 1 saturated carbocycles. The van der Waals surface area contributed by atoms with Crippen LogP contribution in [0.1, 0.15) is 24.8 Å². The van der Waals surface area contributed by atoms with Gasteiger partial charge in [0.2, 0.25) is 0 Å². The molecule has 0 amide bonds. The molecule has 1 unspecified atom stereocenters. The van der Waals surface area contributed by atoms with Crippen LogP contribution in [0.2, 0.25) is 0 Å². The smallest absolute Gasteiger partial charge is 0.322 e. The predicted molar refractivity (Wildman–Crippen MR) is 74.1 cm³/mol. The summed E-state index contributed by atoms with van der Waals surface area (Å²) in [4.78, 5) is 20.1. The van der Waals surface area contributed by atoms with E-state index in [0.717, 1.165) is 35.7 Å². The van der Waals surface area contributed by atoms with Crippen molar-refractivity contribution >= 4 is 17.7 Å². The average molecular weight is 281 g/mol. The molecule has 0 radical (unpaired) electrons. The molecule has 1 atom stereocenters. The van der Waals surface area contributed by atoms with Crippen molar-refractivity contribution in [2.24, 2.45) is 0 Å². The number of esters is 1. The Hall–Kier alpha value is -1.14. The largest absolute Gasteiger partial charge is 0.468 e. The summed E-state index contributed by atoms with van der Waals surface area (Å²) in [5.74, 6) is 0.611. The fourth-order valence-corrected chi connectivity index (χ4v) is 2.46. The Labute approximate surface area is 117 Å². The Morgan fingerprint density at radius 1 is 1.53 bits per heavy atom. The van der Waals surface area contributed by atoms with E-state index in [1.165, 1.54) is 7.11 Å². The second-order valence-electron chi connectivity index (χ2n) is 4.70. The van der Waals surface area contributed by atoms with Gasteiger partial charge in [-0.25, -0.2) is 9.97 Å². The van der Waals surface area contributed by atoms with Gasteiger partial charge in [0.05, 0.1) is 7.11 Å². The first kappa shape index (κ1) is 14.3. The van der Waals surface area contributed by atoms with Gasteiger partial charge in [-0.1, -0.05) is 11.8 Å². The van der Waals surface area contributed by atoms with Crippen molar-refractivity contribution in [3.05, 3.63) is 18.0 Å². The van der Waals surface area contributed by atoms with Crippen LogP contribution >= 0.6 is 11.8 Å². The molecule has 104 valence electrons. The molecule has 5 nitrogen and oxygen atoms in total. The lowest BCUT2D eigenvalue weighted by molar-refractivity contribution is -0.143. The minimum atomic E-state index is -0.213.